The van der Waals surface area contributed by atoms with Gasteiger partial charge in [-0.2, -0.15) is 0 Å². The number of benzene rings is 1. The minimum atomic E-state index is -0.504. The van der Waals surface area contributed by atoms with Crippen molar-refractivity contribution < 1.29 is 9.72 Å². The average molecular weight is 317 g/mol. The van der Waals surface area contributed by atoms with Gasteiger partial charge in [-0.3, -0.25) is 14.9 Å². The molecule has 2 rings (SSSR count). The highest BCUT2D eigenvalue weighted by molar-refractivity contribution is 7.99. The first-order valence-electron chi connectivity index (χ1n) is 6.64. The Morgan fingerprint density at radius 3 is 2.64 bits per heavy atom. The van der Waals surface area contributed by atoms with E-state index in [9.17, 15) is 14.9 Å². The van der Waals surface area contributed by atoms with Gasteiger partial charge in [0, 0.05) is 6.07 Å². The van der Waals surface area contributed by atoms with Gasteiger partial charge in [0.15, 0.2) is 0 Å². The fourth-order valence-electron chi connectivity index (χ4n) is 1.81. The third kappa shape index (κ3) is 4.56. The molecule has 1 aromatic heterocycles. The maximum Gasteiger partial charge on any atom is 0.287 e. The summed E-state index contributed by atoms with van der Waals surface area (Å²) in [4.78, 5) is 25.9. The quantitative estimate of drug-likeness (QED) is 0.503. The van der Waals surface area contributed by atoms with Gasteiger partial charge in [0.1, 0.15) is 6.20 Å². The van der Waals surface area contributed by atoms with Crippen molar-refractivity contribution in [3.8, 4) is 0 Å². The van der Waals surface area contributed by atoms with Crippen molar-refractivity contribution in [2.75, 3.05) is 5.75 Å². The highest BCUT2D eigenvalue weighted by atomic mass is 32.2. The van der Waals surface area contributed by atoms with Gasteiger partial charge in [-0.15, -0.1) is 0 Å². The Morgan fingerprint density at radius 2 is 2.05 bits per heavy atom. The van der Waals surface area contributed by atoms with Crippen molar-refractivity contribution in [2.45, 2.75) is 18.0 Å². The van der Waals surface area contributed by atoms with E-state index in [4.69, 9.17) is 0 Å². The first kappa shape index (κ1) is 16.0. The third-order valence-electron chi connectivity index (χ3n) is 2.96. The number of nitrogens with one attached hydrogen (secondary N) is 1. The fourth-order valence-corrected chi connectivity index (χ4v) is 2.47. The average Bonchev–Trinajstić information content (AvgIpc) is 2.54. The molecule has 1 atom stereocenters. The van der Waals surface area contributed by atoms with Crippen molar-refractivity contribution in [1.82, 2.24) is 10.3 Å². The molecule has 0 radical (unpaired) electrons. The standard InChI is InChI=1S/C15H15N3O3S/c1-11(12-5-3-2-4-6-12)17-14(19)10-22-15-8-7-13(9-16-15)18(20)21/h2-9,11H,10H2,1H3,(H,17,19)/t11-/m1/s1. The van der Waals surface area contributed by atoms with Gasteiger partial charge in [0.2, 0.25) is 5.91 Å². The van der Waals surface area contributed by atoms with E-state index < -0.39 is 4.92 Å². The lowest BCUT2D eigenvalue weighted by Crippen LogP contribution is -2.28. The summed E-state index contributed by atoms with van der Waals surface area (Å²) in [5.41, 5.74) is 0.973. The molecule has 0 aliphatic rings. The SMILES string of the molecule is C[C@@H](NC(=O)CSc1ccc([N+](=O)[O-])cn1)c1ccccc1. The van der Waals surface area contributed by atoms with Gasteiger partial charge in [-0.05, 0) is 18.6 Å². The molecule has 1 N–H and O–H groups in total. The van der Waals surface area contributed by atoms with Crippen LogP contribution in [0.1, 0.15) is 18.5 Å². The van der Waals surface area contributed by atoms with Crippen LogP contribution in [-0.4, -0.2) is 21.6 Å². The van der Waals surface area contributed by atoms with Gasteiger partial charge < -0.3 is 5.32 Å². The lowest BCUT2D eigenvalue weighted by Gasteiger charge is -2.13. The number of thioether (sulfide) groups is 1. The molecule has 7 heteroatoms. The largest absolute Gasteiger partial charge is 0.349 e. The topological polar surface area (TPSA) is 85.1 Å². The summed E-state index contributed by atoms with van der Waals surface area (Å²) in [6.07, 6.45) is 1.19. The molecule has 1 heterocycles. The molecule has 0 aliphatic carbocycles. The number of aromatic nitrogens is 1. The highest BCUT2D eigenvalue weighted by Gasteiger charge is 2.11. The predicted octanol–water partition coefficient (Wildman–Crippen LogP) is 2.96. The Kier molecular flexibility index (Phi) is 5.48. The van der Waals surface area contributed by atoms with Crippen molar-refractivity contribution in [2.24, 2.45) is 0 Å². The maximum absolute atomic E-state index is 11.9. The van der Waals surface area contributed by atoms with Gasteiger partial charge >= 0.3 is 0 Å². The van der Waals surface area contributed by atoms with Crippen LogP contribution in [0.5, 0.6) is 0 Å². The molecular formula is C15H15N3O3S. The first-order valence-corrected chi connectivity index (χ1v) is 7.62. The van der Waals surface area contributed by atoms with E-state index in [1.54, 1.807) is 0 Å². The molecule has 0 saturated carbocycles. The molecular weight excluding hydrogens is 302 g/mol. The Hall–Kier alpha value is -2.41. The molecule has 0 saturated heterocycles. The molecule has 0 fully saturated rings. The van der Waals surface area contributed by atoms with Crippen LogP contribution in [0, 0.1) is 10.1 Å². The summed E-state index contributed by atoms with van der Waals surface area (Å²) >= 11 is 1.24. The fraction of sp³-hybridized carbons (Fsp3) is 0.200. The number of rotatable bonds is 6. The molecule has 6 nitrogen and oxygen atoms in total. The summed E-state index contributed by atoms with van der Waals surface area (Å²) in [5, 5.41) is 14.0. The van der Waals surface area contributed by atoms with Crippen LogP contribution >= 0.6 is 11.8 Å². The van der Waals surface area contributed by atoms with Crippen LogP contribution in [0.2, 0.25) is 0 Å². The number of carbonyl (C=O) groups is 1. The number of nitrogens with zero attached hydrogens (tertiary/aromatic N) is 2. The molecule has 1 aromatic carbocycles. The number of hydrogen-bond acceptors (Lipinski definition) is 5. The van der Waals surface area contributed by atoms with E-state index in [0.29, 0.717) is 5.03 Å². The normalized spacial score (nSPS) is 11.7. The second-order valence-electron chi connectivity index (χ2n) is 4.60. The van der Waals surface area contributed by atoms with Crippen LogP contribution in [0.25, 0.3) is 0 Å². The van der Waals surface area contributed by atoms with Crippen molar-refractivity contribution >= 4 is 23.4 Å². The van der Waals surface area contributed by atoms with Gasteiger partial charge in [-0.1, -0.05) is 42.1 Å². The molecule has 1 amide bonds. The Balaban J connectivity index is 1.83. The molecule has 0 bridgehead atoms. The summed E-state index contributed by atoms with van der Waals surface area (Å²) in [7, 11) is 0. The second-order valence-corrected chi connectivity index (χ2v) is 5.60. The molecule has 22 heavy (non-hydrogen) atoms. The number of amides is 1. The zero-order valence-corrected chi connectivity index (χ0v) is 12.7. The molecule has 0 aliphatic heterocycles. The third-order valence-corrected chi connectivity index (χ3v) is 3.90. The van der Waals surface area contributed by atoms with E-state index in [2.05, 4.69) is 10.3 Å². The minimum absolute atomic E-state index is 0.0634. The molecule has 0 spiro atoms. The summed E-state index contributed by atoms with van der Waals surface area (Å²) in [5.74, 6) is 0.101. The minimum Gasteiger partial charge on any atom is -0.349 e. The molecule has 2 aromatic rings. The van der Waals surface area contributed by atoms with Crippen LogP contribution in [0.3, 0.4) is 0 Å². The van der Waals surface area contributed by atoms with Crippen molar-refractivity contribution in [1.29, 1.82) is 0 Å². The van der Waals surface area contributed by atoms with E-state index >= 15 is 0 Å². The molecule has 114 valence electrons. The predicted molar refractivity (Wildman–Crippen MR) is 84.6 cm³/mol. The Bertz CT molecular complexity index is 647. The summed E-state index contributed by atoms with van der Waals surface area (Å²) < 4.78 is 0. The van der Waals surface area contributed by atoms with E-state index in [-0.39, 0.29) is 23.4 Å². The zero-order valence-electron chi connectivity index (χ0n) is 11.9. The Labute approximate surface area is 132 Å². The maximum atomic E-state index is 11.9. The van der Waals surface area contributed by atoms with Crippen LogP contribution < -0.4 is 5.32 Å². The number of hydrogen-bond donors (Lipinski definition) is 1. The van der Waals surface area contributed by atoms with Crippen LogP contribution in [0.4, 0.5) is 5.69 Å². The lowest BCUT2D eigenvalue weighted by molar-refractivity contribution is -0.385. The molecule has 0 unspecified atom stereocenters. The summed E-state index contributed by atoms with van der Waals surface area (Å²) in [6, 6.07) is 12.5. The van der Waals surface area contributed by atoms with Gasteiger partial charge in [0.05, 0.1) is 21.7 Å². The second kappa shape index (κ2) is 7.56. The smallest absolute Gasteiger partial charge is 0.287 e. The van der Waals surface area contributed by atoms with Gasteiger partial charge in [0.25, 0.3) is 5.69 Å². The van der Waals surface area contributed by atoms with Gasteiger partial charge in [-0.25, -0.2) is 4.98 Å². The first-order chi connectivity index (χ1) is 10.6. The Morgan fingerprint density at radius 1 is 1.32 bits per heavy atom. The lowest BCUT2D eigenvalue weighted by atomic mass is 10.1. The van der Waals surface area contributed by atoms with Crippen LogP contribution in [0.15, 0.2) is 53.7 Å². The van der Waals surface area contributed by atoms with E-state index in [0.717, 1.165) is 5.56 Å². The van der Waals surface area contributed by atoms with Crippen LogP contribution in [-0.2, 0) is 4.79 Å². The summed E-state index contributed by atoms with van der Waals surface area (Å²) in [6.45, 7) is 1.92. The number of pyridine rings is 1. The van der Waals surface area contributed by atoms with Crippen molar-refractivity contribution in [3.63, 3.8) is 0 Å². The van der Waals surface area contributed by atoms with E-state index in [1.165, 1.54) is 30.1 Å². The van der Waals surface area contributed by atoms with Crippen molar-refractivity contribution in [3.05, 3.63) is 64.3 Å². The number of nitro groups is 1. The monoisotopic (exact) mass is 317 g/mol. The zero-order chi connectivity index (χ0) is 15.9. The van der Waals surface area contributed by atoms with E-state index in [1.807, 2.05) is 37.3 Å². The number of carbonyl (C=O) groups excluding carboxylic acids is 1. The highest BCUT2D eigenvalue weighted by Crippen LogP contribution is 2.18.